The predicted molar refractivity (Wildman–Crippen MR) is 124 cm³/mol. The average Bonchev–Trinajstić information content (AvgIpc) is 2.82. The number of carbonyl (C=O) groups excluding carboxylic acids is 2. The number of carbonyl (C=O) groups is 2. The predicted octanol–water partition coefficient (Wildman–Crippen LogP) is 2.72. The number of anilines is 1. The van der Waals surface area contributed by atoms with Crippen molar-refractivity contribution in [2.75, 3.05) is 44.7 Å². The Kier molecular flexibility index (Phi) is 6.30. The van der Waals surface area contributed by atoms with Gasteiger partial charge in [0.1, 0.15) is 5.82 Å². The van der Waals surface area contributed by atoms with Gasteiger partial charge in [0.25, 0.3) is 11.8 Å². The molecule has 3 aromatic rings. The molecule has 166 valence electrons. The van der Waals surface area contributed by atoms with Crippen LogP contribution in [0.1, 0.15) is 34.6 Å². The number of hydrogen-bond donors (Lipinski definition) is 0. The number of fused-ring (bicyclic) bond motifs is 1. The Morgan fingerprint density at radius 3 is 2.50 bits per heavy atom. The van der Waals surface area contributed by atoms with Crippen molar-refractivity contribution in [3.05, 3.63) is 60.0 Å². The van der Waals surface area contributed by atoms with Crippen molar-refractivity contribution in [3.8, 4) is 0 Å². The molecule has 2 amide bonds. The number of rotatable bonds is 5. The van der Waals surface area contributed by atoms with Gasteiger partial charge in [0, 0.05) is 57.7 Å². The van der Waals surface area contributed by atoms with E-state index in [1.165, 1.54) is 0 Å². The van der Waals surface area contributed by atoms with E-state index in [4.69, 9.17) is 4.98 Å². The standard InChI is InChI=1S/C24H28N6O2/c1-17(2)16-28(3)23(31)18-6-7-20-21(13-18)27-22(15-26-20)29-9-11-30(12-10-29)24(32)19-5-4-8-25-14-19/h4-8,13-15,17H,9-12,16H2,1-3H3. The van der Waals surface area contributed by atoms with E-state index >= 15 is 0 Å². The summed E-state index contributed by atoms with van der Waals surface area (Å²) in [4.78, 5) is 44.4. The van der Waals surface area contributed by atoms with Crippen LogP contribution in [-0.2, 0) is 0 Å². The highest BCUT2D eigenvalue weighted by molar-refractivity contribution is 5.97. The van der Waals surface area contributed by atoms with Crippen LogP contribution in [0.5, 0.6) is 0 Å². The van der Waals surface area contributed by atoms with E-state index in [1.54, 1.807) is 41.7 Å². The van der Waals surface area contributed by atoms with Crippen LogP contribution in [0.2, 0.25) is 0 Å². The number of pyridine rings is 1. The van der Waals surface area contributed by atoms with Crippen molar-refractivity contribution < 1.29 is 9.59 Å². The van der Waals surface area contributed by atoms with Gasteiger partial charge in [-0.3, -0.25) is 19.6 Å². The van der Waals surface area contributed by atoms with Gasteiger partial charge in [0.05, 0.1) is 22.8 Å². The van der Waals surface area contributed by atoms with Crippen LogP contribution in [-0.4, -0.2) is 76.3 Å². The Labute approximate surface area is 187 Å². The SMILES string of the molecule is CC(C)CN(C)C(=O)c1ccc2ncc(N3CCN(C(=O)c4cccnc4)CC3)nc2c1. The highest BCUT2D eigenvalue weighted by Crippen LogP contribution is 2.20. The number of aromatic nitrogens is 3. The van der Waals surface area contributed by atoms with Crippen LogP contribution in [0.25, 0.3) is 11.0 Å². The van der Waals surface area contributed by atoms with E-state index in [0.29, 0.717) is 55.3 Å². The molecule has 8 nitrogen and oxygen atoms in total. The monoisotopic (exact) mass is 432 g/mol. The molecule has 0 spiro atoms. The van der Waals surface area contributed by atoms with E-state index < -0.39 is 0 Å². The third-order valence-electron chi connectivity index (χ3n) is 5.56. The Hall–Kier alpha value is -3.55. The maximum Gasteiger partial charge on any atom is 0.255 e. The molecule has 0 atom stereocenters. The quantitative estimate of drug-likeness (QED) is 0.617. The van der Waals surface area contributed by atoms with Crippen molar-refractivity contribution in [3.63, 3.8) is 0 Å². The minimum atomic E-state index is -0.0182. The first-order chi connectivity index (χ1) is 15.4. The molecule has 32 heavy (non-hydrogen) atoms. The first-order valence-corrected chi connectivity index (χ1v) is 10.9. The van der Waals surface area contributed by atoms with Crippen molar-refractivity contribution in [1.29, 1.82) is 0 Å². The van der Waals surface area contributed by atoms with E-state index in [9.17, 15) is 9.59 Å². The van der Waals surface area contributed by atoms with Crippen LogP contribution in [0.3, 0.4) is 0 Å². The third-order valence-corrected chi connectivity index (χ3v) is 5.56. The molecule has 1 aliphatic heterocycles. The third kappa shape index (κ3) is 4.69. The first kappa shape index (κ1) is 21.7. The fraction of sp³-hybridized carbons (Fsp3) is 0.375. The highest BCUT2D eigenvalue weighted by Gasteiger charge is 2.23. The van der Waals surface area contributed by atoms with Crippen LogP contribution in [0.4, 0.5) is 5.82 Å². The average molecular weight is 433 g/mol. The molecule has 4 rings (SSSR count). The second-order valence-corrected chi connectivity index (χ2v) is 8.53. The lowest BCUT2D eigenvalue weighted by molar-refractivity contribution is 0.0744. The summed E-state index contributed by atoms with van der Waals surface area (Å²) in [5, 5.41) is 0. The largest absolute Gasteiger partial charge is 0.352 e. The summed E-state index contributed by atoms with van der Waals surface area (Å²) in [5.41, 5.74) is 2.66. The van der Waals surface area contributed by atoms with E-state index in [2.05, 4.69) is 28.7 Å². The summed E-state index contributed by atoms with van der Waals surface area (Å²) < 4.78 is 0. The lowest BCUT2D eigenvalue weighted by Crippen LogP contribution is -2.49. The molecule has 1 aliphatic rings. The van der Waals surface area contributed by atoms with E-state index in [0.717, 1.165) is 11.3 Å². The van der Waals surface area contributed by atoms with Gasteiger partial charge < -0.3 is 14.7 Å². The molecule has 0 radical (unpaired) electrons. The minimum absolute atomic E-state index is 0.00369. The zero-order valence-corrected chi connectivity index (χ0v) is 18.7. The van der Waals surface area contributed by atoms with E-state index in [1.807, 2.05) is 24.1 Å². The molecule has 1 fully saturated rings. The summed E-state index contributed by atoms with van der Waals surface area (Å²) in [5.74, 6) is 1.14. The lowest BCUT2D eigenvalue weighted by Gasteiger charge is -2.35. The highest BCUT2D eigenvalue weighted by atomic mass is 16.2. The topological polar surface area (TPSA) is 82.5 Å². The fourth-order valence-corrected chi connectivity index (χ4v) is 3.95. The molecule has 0 unspecified atom stereocenters. The number of benzene rings is 1. The zero-order chi connectivity index (χ0) is 22.7. The summed E-state index contributed by atoms with van der Waals surface area (Å²) >= 11 is 0. The smallest absolute Gasteiger partial charge is 0.255 e. The normalized spacial score (nSPS) is 14.1. The first-order valence-electron chi connectivity index (χ1n) is 10.9. The number of amides is 2. The molecule has 1 saturated heterocycles. The van der Waals surface area contributed by atoms with Crippen molar-refractivity contribution in [2.24, 2.45) is 5.92 Å². The number of hydrogen-bond acceptors (Lipinski definition) is 6. The van der Waals surface area contributed by atoms with Crippen LogP contribution < -0.4 is 4.90 Å². The molecule has 0 N–H and O–H groups in total. The molecule has 2 aromatic heterocycles. The molecular weight excluding hydrogens is 404 g/mol. The van der Waals surface area contributed by atoms with Gasteiger partial charge in [0.15, 0.2) is 0 Å². The van der Waals surface area contributed by atoms with Gasteiger partial charge in [-0.2, -0.15) is 0 Å². The second kappa shape index (κ2) is 9.30. The molecule has 0 bridgehead atoms. The van der Waals surface area contributed by atoms with Gasteiger partial charge in [-0.25, -0.2) is 4.98 Å². The van der Waals surface area contributed by atoms with Crippen LogP contribution in [0.15, 0.2) is 48.9 Å². The minimum Gasteiger partial charge on any atom is -0.352 e. The Bertz CT molecular complexity index is 1110. The molecule has 0 aliphatic carbocycles. The maximum absolute atomic E-state index is 12.8. The molecule has 8 heteroatoms. The van der Waals surface area contributed by atoms with E-state index in [-0.39, 0.29) is 11.8 Å². The maximum atomic E-state index is 12.8. The van der Waals surface area contributed by atoms with Crippen molar-refractivity contribution >= 4 is 28.7 Å². The molecular formula is C24H28N6O2. The number of nitrogens with zero attached hydrogens (tertiary/aromatic N) is 6. The van der Waals surface area contributed by atoms with Crippen LogP contribution in [0, 0.1) is 5.92 Å². The zero-order valence-electron chi connectivity index (χ0n) is 18.7. The Morgan fingerprint density at radius 2 is 1.81 bits per heavy atom. The van der Waals surface area contributed by atoms with Gasteiger partial charge in [-0.15, -0.1) is 0 Å². The van der Waals surface area contributed by atoms with Crippen molar-refractivity contribution in [2.45, 2.75) is 13.8 Å². The van der Waals surface area contributed by atoms with Crippen LogP contribution >= 0.6 is 0 Å². The van der Waals surface area contributed by atoms with Gasteiger partial charge in [-0.1, -0.05) is 13.8 Å². The van der Waals surface area contributed by atoms with Gasteiger partial charge in [-0.05, 0) is 36.2 Å². The van der Waals surface area contributed by atoms with Crippen molar-refractivity contribution in [1.82, 2.24) is 24.8 Å². The van der Waals surface area contributed by atoms with Gasteiger partial charge in [0.2, 0.25) is 0 Å². The molecule has 3 heterocycles. The Balaban J connectivity index is 1.47. The Morgan fingerprint density at radius 1 is 1.03 bits per heavy atom. The summed E-state index contributed by atoms with van der Waals surface area (Å²) in [6.45, 7) is 7.42. The van der Waals surface area contributed by atoms with Gasteiger partial charge >= 0.3 is 0 Å². The summed E-state index contributed by atoms with van der Waals surface area (Å²) in [6.07, 6.45) is 5.02. The molecule has 0 saturated carbocycles. The molecule has 1 aromatic carbocycles. The lowest BCUT2D eigenvalue weighted by atomic mass is 10.1. The fourth-order valence-electron chi connectivity index (χ4n) is 3.95. The summed E-state index contributed by atoms with van der Waals surface area (Å²) in [6, 6.07) is 9.01. The summed E-state index contributed by atoms with van der Waals surface area (Å²) in [7, 11) is 1.82. The second-order valence-electron chi connectivity index (χ2n) is 8.53. The number of piperazine rings is 1.